The molecule has 0 bridgehead atoms. The minimum absolute atomic E-state index is 0.364. The molecule has 1 atom stereocenters. The van der Waals surface area contributed by atoms with Gasteiger partial charge in [0.05, 0.1) is 11.7 Å². The van der Waals surface area contributed by atoms with E-state index in [0.29, 0.717) is 6.04 Å². The minimum Gasteiger partial charge on any atom is -0.362 e. The second-order valence-electron chi connectivity index (χ2n) is 4.26. The number of nitrogens with zero attached hydrogens (tertiary/aromatic N) is 1. The summed E-state index contributed by atoms with van der Waals surface area (Å²) in [5, 5.41) is 5.65. The third-order valence-corrected chi connectivity index (χ3v) is 4.63. The molecule has 1 unspecified atom stereocenters. The SMILES string of the molecule is CCCC(Nc1ccc(Br)c(C)n1)c1cccs1. The van der Waals surface area contributed by atoms with Gasteiger partial charge in [-0.15, -0.1) is 11.3 Å². The Hall–Kier alpha value is -0.870. The van der Waals surface area contributed by atoms with E-state index in [-0.39, 0.29) is 0 Å². The minimum atomic E-state index is 0.364. The first-order chi connectivity index (χ1) is 8.70. The van der Waals surface area contributed by atoms with E-state index in [9.17, 15) is 0 Å². The lowest BCUT2D eigenvalue weighted by Crippen LogP contribution is -2.10. The fraction of sp³-hybridized carbons (Fsp3) is 0.357. The average molecular weight is 325 g/mol. The lowest BCUT2D eigenvalue weighted by molar-refractivity contribution is 0.684. The highest BCUT2D eigenvalue weighted by Crippen LogP contribution is 2.27. The Morgan fingerprint density at radius 1 is 1.39 bits per heavy atom. The van der Waals surface area contributed by atoms with Crippen LogP contribution in [-0.4, -0.2) is 4.98 Å². The van der Waals surface area contributed by atoms with Crippen LogP contribution < -0.4 is 5.32 Å². The van der Waals surface area contributed by atoms with Gasteiger partial charge < -0.3 is 5.32 Å². The quantitative estimate of drug-likeness (QED) is 0.820. The summed E-state index contributed by atoms with van der Waals surface area (Å²) in [5.74, 6) is 0.947. The van der Waals surface area contributed by atoms with Crippen LogP contribution in [0.4, 0.5) is 5.82 Å². The van der Waals surface area contributed by atoms with Gasteiger partial charge in [0.1, 0.15) is 5.82 Å². The summed E-state index contributed by atoms with van der Waals surface area (Å²) < 4.78 is 1.05. The topological polar surface area (TPSA) is 24.9 Å². The molecule has 0 radical (unpaired) electrons. The van der Waals surface area contributed by atoms with Gasteiger partial charge in [0.25, 0.3) is 0 Å². The second-order valence-corrected chi connectivity index (χ2v) is 6.10. The molecule has 0 saturated carbocycles. The van der Waals surface area contributed by atoms with Crippen molar-refractivity contribution in [2.75, 3.05) is 5.32 Å². The van der Waals surface area contributed by atoms with Crippen molar-refractivity contribution in [3.63, 3.8) is 0 Å². The maximum Gasteiger partial charge on any atom is 0.126 e. The van der Waals surface area contributed by atoms with Crippen molar-refractivity contribution in [1.82, 2.24) is 4.98 Å². The predicted molar refractivity (Wildman–Crippen MR) is 82.3 cm³/mol. The molecule has 2 rings (SSSR count). The number of hydrogen-bond acceptors (Lipinski definition) is 3. The zero-order valence-electron chi connectivity index (χ0n) is 10.6. The monoisotopic (exact) mass is 324 g/mol. The van der Waals surface area contributed by atoms with Gasteiger partial charge in [-0.1, -0.05) is 19.4 Å². The van der Waals surface area contributed by atoms with Gasteiger partial charge in [0.2, 0.25) is 0 Å². The van der Waals surface area contributed by atoms with E-state index >= 15 is 0 Å². The van der Waals surface area contributed by atoms with E-state index in [1.54, 1.807) is 11.3 Å². The van der Waals surface area contributed by atoms with Crippen LogP contribution in [0, 0.1) is 6.92 Å². The highest BCUT2D eigenvalue weighted by molar-refractivity contribution is 9.10. The van der Waals surface area contributed by atoms with Gasteiger partial charge in [-0.2, -0.15) is 0 Å². The standard InChI is InChI=1S/C14H17BrN2S/c1-3-5-12(13-6-4-9-18-13)17-14-8-7-11(15)10(2)16-14/h4,6-9,12H,3,5H2,1-2H3,(H,16,17). The lowest BCUT2D eigenvalue weighted by atomic mass is 10.1. The Kier molecular flexibility index (Phi) is 4.78. The number of rotatable bonds is 5. The number of hydrogen-bond donors (Lipinski definition) is 1. The summed E-state index contributed by atoms with van der Waals surface area (Å²) in [6.45, 7) is 4.22. The predicted octanol–water partition coefficient (Wildman–Crippen LogP) is 5.17. The molecule has 1 N–H and O–H groups in total. The molecule has 0 fully saturated rings. The van der Waals surface area contributed by atoms with Gasteiger partial charge in [0, 0.05) is 9.35 Å². The molecule has 0 aliphatic rings. The Morgan fingerprint density at radius 2 is 2.22 bits per heavy atom. The molecule has 0 aliphatic carbocycles. The molecule has 2 heterocycles. The van der Waals surface area contributed by atoms with E-state index in [1.165, 1.54) is 4.88 Å². The fourth-order valence-corrected chi connectivity index (χ4v) is 2.90. The third kappa shape index (κ3) is 3.33. The average Bonchev–Trinajstić information content (AvgIpc) is 2.87. The molecular weight excluding hydrogens is 308 g/mol. The van der Waals surface area contributed by atoms with Gasteiger partial charge in [-0.3, -0.25) is 0 Å². The van der Waals surface area contributed by atoms with Gasteiger partial charge in [-0.25, -0.2) is 4.98 Å². The third-order valence-electron chi connectivity index (χ3n) is 2.81. The van der Waals surface area contributed by atoms with Crippen molar-refractivity contribution >= 4 is 33.1 Å². The number of aryl methyl sites for hydroxylation is 1. The van der Waals surface area contributed by atoms with Crippen molar-refractivity contribution in [3.8, 4) is 0 Å². The van der Waals surface area contributed by atoms with Crippen molar-refractivity contribution in [3.05, 3.63) is 44.7 Å². The Morgan fingerprint density at radius 3 is 2.83 bits per heavy atom. The van der Waals surface area contributed by atoms with Crippen LogP contribution in [0.1, 0.15) is 36.4 Å². The summed E-state index contributed by atoms with van der Waals surface area (Å²) in [7, 11) is 0. The summed E-state index contributed by atoms with van der Waals surface area (Å²) in [6, 6.07) is 8.71. The fourth-order valence-electron chi connectivity index (χ4n) is 1.87. The maximum atomic E-state index is 4.55. The first-order valence-electron chi connectivity index (χ1n) is 6.13. The number of halogens is 1. The molecular formula is C14H17BrN2S. The molecule has 2 nitrogen and oxygen atoms in total. The highest BCUT2D eigenvalue weighted by Gasteiger charge is 2.12. The van der Waals surface area contributed by atoms with E-state index in [1.807, 2.05) is 19.1 Å². The smallest absolute Gasteiger partial charge is 0.126 e. The zero-order chi connectivity index (χ0) is 13.0. The van der Waals surface area contributed by atoms with E-state index < -0.39 is 0 Å². The molecule has 96 valence electrons. The molecule has 0 spiro atoms. The van der Waals surface area contributed by atoms with Gasteiger partial charge in [-0.05, 0) is 52.9 Å². The van der Waals surface area contributed by atoms with Crippen molar-refractivity contribution in [2.24, 2.45) is 0 Å². The van der Waals surface area contributed by atoms with E-state index in [0.717, 1.165) is 28.8 Å². The highest BCUT2D eigenvalue weighted by atomic mass is 79.9. The van der Waals surface area contributed by atoms with Crippen molar-refractivity contribution in [2.45, 2.75) is 32.7 Å². The van der Waals surface area contributed by atoms with Crippen LogP contribution in [0.3, 0.4) is 0 Å². The molecule has 0 aromatic carbocycles. The summed E-state index contributed by atoms with van der Waals surface area (Å²) in [6.07, 6.45) is 2.28. The van der Waals surface area contributed by atoms with E-state index in [2.05, 4.69) is 50.7 Å². The van der Waals surface area contributed by atoms with Crippen LogP contribution in [0.5, 0.6) is 0 Å². The van der Waals surface area contributed by atoms with Crippen LogP contribution in [-0.2, 0) is 0 Å². The van der Waals surface area contributed by atoms with Crippen LogP contribution >= 0.6 is 27.3 Å². The normalized spacial score (nSPS) is 12.4. The lowest BCUT2D eigenvalue weighted by Gasteiger charge is -2.17. The van der Waals surface area contributed by atoms with Crippen LogP contribution in [0.15, 0.2) is 34.1 Å². The summed E-state index contributed by atoms with van der Waals surface area (Å²) >= 11 is 5.27. The second kappa shape index (κ2) is 6.34. The number of nitrogens with one attached hydrogen (secondary N) is 1. The number of thiophene rings is 1. The molecule has 2 aromatic rings. The first-order valence-corrected chi connectivity index (χ1v) is 7.81. The maximum absolute atomic E-state index is 4.55. The molecule has 2 aromatic heterocycles. The van der Waals surface area contributed by atoms with Crippen molar-refractivity contribution < 1.29 is 0 Å². The largest absolute Gasteiger partial charge is 0.362 e. The number of pyridine rings is 1. The number of anilines is 1. The van der Waals surface area contributed by atoms with Gasteiger partial charge in [0.15, 0.2) is 0 Å². The van der Waals surface area contributed by atoms with Crippen LogP contribution in [0.2, 0.25) is 0 Å². The summed E-state index contributed by atoms with van der Waals surface area (Å²) in [5.41, 5.74) is 1.02. The van der Waals surface area contributed by atoms with E-state index in [4.69, 9.17) is 0 Å². The Bertz CT molecular complexity index is 497. The molecule has 0 amide bonds. The molecule has 0 saturated heterocycles. The molecule has 18 heavy (non-hydrogen) atoms. The first kappa shape index (κ1) is 13.6. The Labute approximate surface area is 121 Å². The Balaban J connectivity index is 2.16. The zero-order valence-corrected chi connectivity index (χ0v) is 13.0. The molecule has 0 aliphatic heterocycles. The number of aromatic nitrogens is 1. The molecule has 4 heteroatoms. The summed E-state index contributed by atoms with van der Waals surface area (Å²) in [4.78, 5) is 5.93. The van der Waals surface area contributed by atoms with Crippen LogP contribution in [0.25, 0.3) is 0 Å². The van der Waals surface area contributed by atoms with Gasteiger partial charge >= 0.3 is 0 Å². The van der Waals surface area contributed by atoms with Crippen molar-refractivity contribution in [1.29, 1.82) is 0 Å².